The number of benzene rings is 2. The molecule has 3 aromatic rings. The summed E-state index contributed by atoms with van der Waals surface area (Å²) in [6.45, 7) is 1.40. The van der Waals surface area contributed by atoms with Crippen LogP contribution in [-0.4, -0.2) is 21.8 Å². The molecular weight excluding hydrogens is 385 g/mol. The van der Waals surface area contributed by atoms with E-state index >= 15 is 0 Å². The second kappa shape index (κ2) is 8.45. The minimum Gasteiger partial charge on any atom is -0.339 e. The molecule has 3 rings (SSSR count). The molecule has 2 amide bonds. The van der Waals surface area contributed by atoms with Crippen LogP contribution >= 0.6 is 11.6 Å². The first-order valence-electron chi connectivity index (χ1n) is 8.14. The van der Waals surface area contributed by atoms with Crippen molar-refractivity contribution < 1.29 is 14.0 Å². The van der Waals surface area contributed by atoms with E-state index in [2.05, 4.69) is 25.9 Å². The topological polar surface area (TPSA) is 96.0 Å². The van der Waals surface area contributed by atoms with E-state index in [1.807, 2.05) is 0 Å². The van der Waals surface area contributed by atoms with E-state index in [1.54, 1.807) is 24.3 Å². The lowest BCUT2D eigenvalue weighted by Gasteiger charge is -2.08. The molecular formula is C19H15ClFN5O2. The van der Waals surface area contributed by atoms with Gasteiger partial charge in [-0.2, -0.15) is 0 Å². The first-order chi connectivity index (χ1) is 13.4. The third-order valence-corrected chi connectivity index (χ3v) is 3.81. The van der Waals surface area contributed by atoms with Crippen molar-refractivity contribution in [1.29, 1.82) is 0 Å². The molecule has 9 heteroatoms. The van der Waals surface area contributed by atoms with Gasteiger partial charge in [-0.1, -0.05) is 17.7 Å². The maximum Gasteiger partial charge on any atom is 0.275 e. The average Bonchev–Trinajstić information content (AvgIpc) is 2.65. The predicted octanol–water partition coefficient (Wildman–Crippen LogP) is 4.22. The average molecular weight is 400 g/mol. The molecule has 0 saturated carbocycles. The number of halogens is 2. The summed E-state index contributed by atoms with van der Waals surface area (Å²) in [7, 11) is 0. The van der Waals surface area contributed by atoms with E-state index in [0.717, 1.165) is 0 Å². The van der Waals surface area contributed by atoms with Gasteiger partial charge in [-0.3, -0.25) is 9.59 Å². The summed E-state index contributed by atoms with van der Waals surface area (Å²) in [6, 6.07) is 10.9. The van der Waals surface area contributed by atoms with Crippen molar-refractivity contribution in [2.24, 2.45) is 0 Å². The predicted molar refractivity (Wildman–Crippen MR) is 105 cm³/mol. The van der Waals surface area contributed by atoms with Crippen LogP contribution in [0.15, 0.2) is 54.9 Å². The Kier molecular flexibility index (Phi) is 5.81. The van der Waals surface area contributed by atoms with E-state index in [-0.39, 0.29) is 16.6 Å². The van der Waals surface area contributed by atoms with Crippen LogP contribution < -0.4 is 16.0 Å². The highest BCUT2D eigenvalue weighted by atomic mass is 35.5. The highest BCUT2D eigenvalue weighted by molar-refractivity contribution is 6.31. The monoisotopic (exact) mass is 399 g/mol. The summed E-state index contributed by atoms with van der Waals surface area (Å²) in [6.07, 6.45) is 2.68. The van der Waals surface area contributed by atoms with Crippen LogP contribution in [0.1, 0.15) is 17.4 Å². The molecule has 7 nitrogen and oxygen atoms in total. The zero-order chi connectivity index (χ0) is 20.1. The van der Waals surface area contributed by atoms with E-state index in [0.29, 0.717) is 22.9 Å². The molecule has 0 aliphatic carbocycles. The fraction of sp³-hybridized carbons (Fsp3) is 0.0526. The van der Waals surface area contributed by atoms with Crippen LogP contribution in [0.2, 0.25) is 5.02 Å². The fourth-order valence-corrected chi connectivity index (χ4v) is 2.49. The van der Waals surface area contributed by atoms with Gasteiger partial charge in [0.1, 0.15) is 17.3 Å². The number of anilines is 4. The summed E-state index contributed by atoms with van der Waals surface area (Å²) in [5.41, 5.74) is 1.70. The molecule has 0 radical (unpaired) electrons. The Hall–Kier alpha value is -3.52. The zero-order valence-electron chi connectivity index (χ0n) is 14.7. The largest absolute Gasteiger partial charge is 0.339 e. The normalized spacial score (nSPS) is 10.2. The zero-order valence-corrected chi connectivity index (χ0v) is 15.4. The molecule has 0 fully saturated rings. The number of nitrogens with zero attached hydrogens (tertiary/aromatic N) is 2. The minimum absolute atomic E-state index is 0.0181. The van der Waals surface area contributed by atoms with E-state index in [4.69, 9.17) is 11.6 Å². The summed E-state index contributed by atoms with van der Waals surface area (Å²) in [5, 5.41) is 8.22. The van der Waals surface area contributed by atoms with Gasteiger partial charge in [-0.05, 0) is 36.4 Å². The van der Waals surface area contributed by atoms with Crippen molar-refractivity contribution in [3.05, 3.63) is 71.4 Å². The smallest absolute Gasteiger partial charge is 0.275 e. The number of carbonyl (C=O) groups excluding carboxylic acids is 2. The van der Waals surface area contributed by atoms with Crippen molar-refractivity contribution in [2.45, 2.75) is 6.92 Å². The van der Waals surface area contributed by atoms with Crippen molar-refractivity contribution in [1.82, 2.24) is 9.97 Å². The van der Waals surface area contributed by atoms with Gasteiger partial charge >= 0.3 is 0 Å². The van der Waals surface area contributed by atoms with Crippen molar-refractivity contribution in [3.63, 3.8) is 0 Å². The Bertz CT molecular complexity index is 1030. The first kappa shape index (κ1) is 19.2. The Labute approximate surface area is 165 Å². The Morgan fingerprint density at radius 3 is 2.36 bits per heavy atom. The second-order valence-electron chi connectivity index (χ2n) is 5.76. The molecule has 0 unspecified atom stereocenters. The quantitative estimate of drug-likeness (QED) is 0.596. The molecule has 2 aromatic carbocycles. The summed E-state index contributed by atoms with van der Waals surface area (Å²) in [5.74, 6) is -0.816. The summed E-state index contributed by atoms with van der Waals surface area (Å²) >= 11 is 5.74. The van der Waals surface area contributed by atoms with Gasteiger partial charge in [0.2, 0.25) is 5.91 Å². The molecule has 3 N–H and O–H groups in total. The van der Waals surface area contributed by atoms with Crippen LogP contribution in [0.4, 0.5) is 27.3 Å². The van der Waals surface area contributed by atoms with E-state index in [1.165, 1.54) is 37.5 Å². The molecule has 0 aliphatic rings. The maximum atomic E-state index is 13.2. The highest BCUT2D eigenvalue weighted by Gasteiger charge is 2.10. The van der Waals surface area contributed by atoms with Crippen molar-refractivity contribution in [2.75, 3.05) is 16.0 Å². The van der Waals surface area contributed by atoms with Gasteiger partial charge in [0, 0.05) is 24.0 Å². The number of hydrogen-bond donors (Lipinski definition) is 3. The molecule has 0 saturated heterocycles. The Balaban J connectivity index is 1.66. The lowest BCUT2D eigenvalue weighted by Crippen LogP contribution is -2.14. The Morgan fingerprint density at radius 1 is 0.964 bits per heavy atom. The van der Waals surface area contributed by atoms with E-state index < -0.39 is 11.7 Å². The summed E-state index contributed by atoms with van der Waals surface area (Å²) < 4.78 is 13.2. The third-order valence-electron chi connectivity index (χ3n) is 3.52. The number of aromatic nitrogens is 2. The molecule has 0 spiro atoms. The number of amides is 2. The third kappa shape index (κ3) is 5.01. The van der Waals surface area contributed by atoms with Gasteiger partial charge in [-0.15, -0.1) is 0 Å². The van der Waals surface area contributed by atoms with Crippen molar-refractivity contribution in [3.8, 4) is 0 Å². The molecule has 1 heterocycles. The van der Waals surface area contributed by atoms with Gasteiger partial charge in [0.15, 0.2) is 0 Å². The van der Waals surface area contributed by atoms with Gasteiger partial charge in [0.25, 0.3) is 5.91 Å². The molecule has 0 aliphatic heterocycles. The molecule has 0 bridgehead atoms. The standard InChI is InChI=1S/C19H15ClFN5O2/c1-11(27)24-12-3-2-4-13(7-12)26-19(28)17-9-23-18(10-22-17)25-14-5-6-16(21)15(20)8-14/h2-10H,1H3,(H,23,25)(H,24,27)(H,26,28). The van der Waals surface area contributed by atoms with Crippen LogP contribution in [0.25, 0.3) is 0 Å². The SMILES string of the molecule is CC(=O)Nc1cccc(NC(=O)c2cnc(Nc3ccc(F)c(Cl)c3)cn2)c1. The number of hydrogen-bond acceptors (Lipinski definition) is 5. The van der Waals surface area contributed by atoms with Crippen LogP contribution in [0.3, 0.4) is 0 Å². The van der Waals surface area contributed by atoms with Crippen LogP contribution in [0, 0.1) is 5.82 Å². The number of rotatable bonds is 5. The summed E-state index contributed by atoms with van der Waals surface area (Å²) in [4.78, 5) is 31.6. The van der Waals surface area contributed by atoms with E-state index in [9.17, 15) is 14.0 Å². The minimum atomic E-state index is -0.520. The lowest BCUT2D eigenvalue weighted by atomic mass is 10.2. The molecule has 28 heavy (non-hydrogen) atoms. The fourth-order valence-electron chi connectivity index (χ4n) is 2.30. The lowest BCUT2D eigenvalue weighted by molar-refractivity contribution is -0.114. The van der Waals surface area contributed by atoms with Gasteiger partial charge < -0.3 is 16.0 Å². The maximum absolute atomic E-state index is 13.2. The highest BCUT2D eigenvalue weighted by Crippen LogP contribution is 2.22. The molecule has 142 valence electrons. The first-order valence-corrected chi connectivity index (χ1v) is 8.51. The van der Waals surface area contributed by atoms with Gasteiger partial charge in [0.05, 0.1) is 17.4 Å². The number of nitrogens with one attached hydrogen (secondary N) is 3. The Morgan fingerprint density at radius 2 is 1.71 bits per heavy atom. The van der Waals surface area contributed by atoms with Crippen molar-refractivity contribution >= 4 is 46.3 Å². The molecule has 0 atom stereocenters. The van der Waals surface area contributed by atoms with Crippen LogP contribution in [0.5, 0.6) is 0 Å². The number of carbonyl (C=O) groups is 2. The molecule has 1 aromatic heterocycles. The van der Waals surface area contributed by atoms with Gasteiger partial charge in [-0.25, -0.2) is 14.4 Å². The second-order valence-corrected chi connectivity index (χ2v) is 6.16. The van der Waals surface area contributed by atoms with Crippen LogP contribution in [-0.2, 0) is 4.79 Å².